The van der Waals surface area contributed by atoms with Gasteiger partial charge < -0.3 is 9.84 Å². The van der Waals surface area contributed by atoms with Gasteiger partial charge in [-0.25, -0.2) is 0 Å². The summed E-state index contributed by atoms with van der Waals surface area (Å²) in [4.78, 5) is 10.8. The van der Waals surface area contributed by atoms with Crippen molar-refractivity contribution in [1.82, 2.24) is 0 Å². The van der Waals surface area contributed by atoms with Crippen LogP contribution in [0.25, 0.3) is 0 Å². The number of ether oxygens (including phenoxy) is 1. The molecule has 0 aliphatic carbocycles. The number of methoxy groups -OCH3 is 1. The molecule has 4 heteroatoms. The van der Waals surface area contributed by atoms with Gasteiger partial charge in [0.25, 0.3) is 0 Å². The molecule has 0 saturated heterocycles. The summed E-state index contributed by atoms with van der Waals surface area (Å²) in [5, 5.41) is 8.89. The first-order valence-corrected chi connectivity index (χ1v) is 5.80. The minimum absolute atomic E-state index is 0.414. The standard InChI is InChI=1S/C12H15BrO3/c1-7-5-10(13)6-9(11(7)16-3)4-8(2)12(14)15/h5-6,8H,4H2,1-3H3,(H,14,15). The van der Waals surface area contributed by atoms with Crippen molar-refractivity contribution in [2.75, 3.05) is 7.11 Å². The van der Waals surface area contributed by atoms with E-state index >= 15 is 0 Å². The lowest BCUT2D eigenvalue weighted by molar-refractivity contribution is -0.141. The Hall–Kier alpha value is -1.03. The van der Waals surface area contributed by atoms with Crippen molar-refractivity contribution in [3.05, 3.63) is 27.7 Å². The molecule has 0 heterocycles. The summed E-state index contributed by atoms with van der Waals surface area (Å²) in [7, 11) is 1.60. The molecule has 0 aliphatic rings. The number of hydrogen-bond donors (Lipinski definition) is 1. The minimum atomic E-state index is -0.792. The Balaban J connectivity index is 3.07. The van der Waals surface area contributed by atoms with Crippen LogP contribution >= 0.6 is 15.9 Å². The van der Waals surface area contributed by atoms with Gasteiger partial charge in [-0.1, -0.05) is 22.9 Å². The Morgan fingerprint density at radius 2 is 2.19 bits per heavy atom. The summed E-state index contributed by atoms with van der Waals surface area (Å²) in [6.45, 7) is 3.64. The van der Waals surface area contributed by atoms with Crippen molar-refractivity contribution >= 4 is 21.9 Å². The third-order valence-corrected chi connectivity index (χ3v) is 2.93. The van der Waals surface area contributed by atoms with Crippen molar-refractivity contribution in [3.8, 4) is 5.75 Å². The maximum atomic E-state index is 10.8. The largest absolute Gasteiger partial charge is 0.496 e. The molecule has 16 heavy (non-hydrogen) atoms. The first kappa shape index (κ1) is 13.0. The minimum Gasteiger partial charge on any atom is -0.496 e. The molecule has 1 N–H and O–H groups in total. The van der Waals surface area contributed by atoms with Crippen LogP contribution in [0.3, 0.4) is 0 Å². The molecule has 0 bridgehead atoms. The Kier molecular flexibility index (Phi) is 4.35. The van der Waals surface area contributed by atoms with E-state index in [0.717, 1.165) is 21.3 Å². The summed E-state index contributed by atoms with van der Waals surface area (Å²) in [6.07, 6.45) is 0.471. The predicted octanol–water partition coefficient (Wildman–Crippen LogP) is 3.03. The Morgan fingerprint density at radius 1 is 1.56 bits per heavy atom. The summed E-state index contributed by atoms with van der Waals surface area (Å²) < 4.78 is 6.24. The predicted molar refractivity (Wildman–Crippen MR) is 65.9 cm³/mol. The topological polar surface area (TPSA) is 46.5 Å². The molecule has 1 atom stereocenters. The number of rotatable bonds is 4. The molecule has 1 unspecified atom stereocenters. The van der Waals surface area contributed by atoms with Crippen molar-refractivity contribution in [3.63, 3.8) is 0 Å². The van der Waals surface area contributed by atoms with Gasteiger partial charge in [-0.15, -0.1) is 0 Å². The Bertz CT molecular complexity index is 401. The van der Waals surface area contributed by atoms with Gasteiger partial charge in [0, 0.05) is 4.47 Å². The molecular formula is C12H15BrO3. The molecule has 1 rings (SSSR count). The van der Waals surface area contributed by atoms with E-state index in [-0.39, 0.29) is 0 Å². The molecular weight excluding hydrogens is 272 g/mol. The molecule has 1 aromatic rings. The normalized spacial score (nSPS) is 12.2. The van der Waals surface area contributed by atoms with Crippen LogP contribution in [0, 0.1) is 12.8 Å². The zero-order valence-corrected chi connectivity index (χ0v) is 11.2. The maximum absolute atomic E-state index is 10.8. The fraction of sp³-hybridized carbons (Fsp3) is 0.417. The third-order valence-electron chi connectivity index (χ3n) is 2.47. The fourth-order valence-corrected chi connectivity index (χ4v) is 2.28. The molecule has 0 amide bonds. The van der Waals surface area contributed by atoms with Gasteiger partial charge in [0.1, 0.15) is 5.75 Å². The zero-order chi connectivity index (χ0) is 12.3. The number of benzene rings is 1. The van der Waals surface area contributed by atoms with Gasteiger partial charge in [-0.3, -0.25) is 4.79 Å². The highest BCUT2D eigenvalue weighted by molar-refractivity contribution is 9.10. The van der Waals surface area contributed by atoms with Crippen LogP contribution in [0.4, 0.5) is 0 Å². The Labute approximate surface area is 104 Å². The first-order chi connectivity index (χ1) is 7.45. The molecule has 0 fully saturated rings. The lowest BCUT2D eigenvalue weighted by Crippen LogP contribution is -2.13. The number of aryl methyl sites for hydroxylation is 1. The van der Waals surface area contributed by atoms with Crippen molar-refractivity contribution < 1.29 is 14.6 Å². The summed E-state index contributed by atoms with van der Waals surface area (Å²) >= 11 is 3.40. The van der Waals surface area contributed by atoms with E-state index in [4.69, 9.17) is 9.84 Å². The molecule has 0 radical (unpaired) electrons. The van der Waals surface area contributed by atoms with Crippen LogP contribution in [0.15, 0.2) is 16.6 Å². The molecule has 88 valence electrons. The van der Waals surface area contributed by atoms with E-state index in [1.54, 1.807) is 14.0 Å². The van der Waals surface area contributed by atoms with E-state index in [0.29, 0.717) is 6.42 Å². The Morgan fingerprint density at radius 3 is 2.69 bits per heavy atom. The summed E-state index contributed by atoms with van der Waals surface area (Å²) in [5.74, 6) is -0.432. The molecule has 0 saturated carbocycles. The van der Waals surface area contributed by atoms with E-state index < -0.39 is 11.9 Å². The van der Waals surface area contributed by atoms with Crippen LogP contribution in [0.5, 0.6) is 5.75 Å². The van der Waals surface area contributed by atoms with Crippen molar-refractivity contribution in [2.45, 2.75) is 20.3 Å². The van der Waals surface area contributed by atoms with Gasteiger partial charge in [0.15, 0.2) is 0 Å². The number of carbonyl (C=O) groups is 1. The second kappa shape index (κ2) is 5.34. The summed E-state index contributed by atoms with van der Waals surface area (Å²) in [5.41, 5.74) is 1.92. The average molecular weight is 287 g/mol. The zero-order valence-electron chi connectivity index (χ0n) is 9.58. The lowest BCUT2D eigenvalue weighted by Gasteiger charge is -2.14. The van der Waals surface area contributed by atoms with Crippen LogP contribution in [0.2, 0.25) is 0 Å². The van der Waals surface area contributed by atoms with E-state index in [1.165, 1.54) is 0 Å². The summed E-state index contributed by atoms with van der Waals surface area (Å²) in [6, 6.07) is 3.86. The first-order valence-electron chi connectivity index (χ1n) is 5.01. The number of aliphatic carboxylic acids is 1. The van der Waals surface area contributed by atoms with Crippen LogP contribution < -0.4 is 4.74 Å². The van der Waals surface area contributed by atoms with Gasteiger partial charge in [0.05, 0.1) is 13.0 Å². The highest BCUT2D eigenvalue weighted by Crippen LogP contribution is 2.29. The maximum Gasteiger partial charge on any atom is 0.306 e. The quantitative estimate of drug-likeness (QED) is 0.926. The monoisotopic (exact) mass is 286 g/mol. The molecule has 3 nitrogen and oxygen atoms in total. The van der Waals surface area contributed by atoms with Gasteiger partial charge in [-0.05, 0) is 36.6 Å². The molecule has 1 aromatic carbocycles. The number of carboxylic acid groups (broad SMARTS) is 1. The molecule has 0 aliphatic heterocycles. The van der Waals surface area contributed by atoms with E-state index in [1.807, 2.05) is 19.1 Å². The number of halogens is 1. The van der Waals surface area contributed by atoms with Gasteiger partial charge in [-0.2, -0.15) is 0 Å². The second-order valence-electron chi connectivity index (χ2n) is 3.86. The molecule has 0 spiro atoms. The van der Waals surface area contributed by atoms with E-state index in [2.05, 4.69) is 15.9 Å². The van der Waals surface area contributed by atoms with Crippen molar-refractivity contribution in [1.29, 1.82) is 0 Å². The highest BCUT2D eigenvalue weighted by atomic mass is 79.9. The highest BCUT2D eigenvalue weighted by Gasteiger charge is 2.16. The number of carboxylic acids is 1. The third kappa shape index (κ3) is 2.98. The van der Waals surface area contributed by atoms with Crippen molar-refractivity contribution in [2.24, 2.45) is 5.92 Å². The van der Waals surface area contributed by atoms with Gasteiger partial charge in [0.2, 0.25) is 0 Å². The van der Waals surface area contributed by atoms with Crippen LogP contribution in [-0.4, -0.2) is 18.2 Å². The molecule has 0 aromatic heterocycles. The SMILES string of the molecule is COc1c(C)cc(Br)cc1CC(C)C(=O)O. The van der Waals surface area contributed by atoms with Crippen LogP contribution in [-0.2, 0) is 11.2 Å². The number of hydrogen-bond acceptors (Lipinski definition) is 2. The fourth-order valence-electron chi connectivity index (χ4n) is 1.66. The van der Waals surface area contributed by atoms with Gasteiger partial charge >= 0.3 is 5.97 Å². The smallest absolute Gasteiger partial charge is 0.306 e. The average Bonchev–Trinajstić information content (AvgIpc) is 2.16. The second-order valence-corrected chi connectivity index (χ2v) is 4.77. The van der Waals surface area contributed by atoms with E-state index in [9.17, 15) is 4.79 Å². The van der Waals surface area contributed by atoms with Crippen LogP contribution in [0.1, 0.15) is 18.1 Å². The lowest BCUT2D eigenvalue weighted by atomic mass is 9.99.